The number of anilines is 2. The summed E-state index contributed by atoms with van der Waals surface area (Å²) < 4.78 is 19.1. The van der Waals surface area contributed by atoms with E-state index in [-0.39, 0.29) is 11.8 Å². The second-order valence-corrected chi connectivity index (χ2v) is 5.52. The summed E-state index contributed by atoms with van der Waals surface area (Å²) in [6, 6.07) is 6.99. The van der Waals surface area contributed by atoms with Crippen LogP contribution in [-0.2, 0) is 0 Å². The molecule has 0 unspecified atom stereocenters. The van der Waals surface area contributed by atoms with E-state index in [9.17, 15) is 9.18 Å². The number of fused-ring (bicyclic) bond motifs is 1. The lowest BCUT2D eigenvalue weighted by Crippen LogP contribution is -2.08. The van der Waals surface area contributed by atoms with E-state index in [2.05, 4.69) is 20.3 Å². The Bertz CT molecular complexity index is 946. The maximum absolute atomic E-state index is 13.5. The summed E-state index contributed by atoms with van der Waals surface area (Å²) >= 11 is 0. The molecule has 0 aliphatic rings. The number of aromatic carboxylic acids is 1. The van der Waals surface area contributed by atoms with Gasteiger partial charge in [0.25, 0.3) is 0 Å². The predicted octanol–water partition coefficient (Wildman–Crippen LogP) is 3.39. The molecule has 7 nitrogen and oxygen atoms in total. The molecule has 2 heterocycles. The highest BCUT2D eigenvalue weighted by atomic mass is 19.1. The number of ether oxygens (including phenoxy) is 1. The minimum Gasteiger partial charge on any atom is -0.489 e. The van der Waals surface area contributed by atoms with Gasteiger partial charge in [-0.05, 0) is 38.1 Å². The van der Waals surface area contributed by atoms with Gasteiger partial charge >= 0.3 is 5.97 Å². The molecule has 25 heavy (non-hydrogen) atoms. The highest BCUT2D eigenvalue weighted by Gasteiger charge is 2.13. The number of carbonyl (C=O) groups is 1. The molecule has 0 spiro atoms. The second kappa shape index (κ2) is 6.68. The van der Waals surface area contributed by atoms with Crippen LogP contribution in [0.2, 0.25) is 0 Å². The summed E-state index contributed by atoms with van der Waals surface area (Å²) in [4.78, 5) is 23.4. The molecule has 0 aliphatic carbocycles. The Morgan fingerprint density at radius 3 is 2.76 bits per heavy atom. The summed E-state index contributed by atoms with van der Waals surface area (Å²) in [5.41, 5.74) is 1.14. The number of carboxylic acids is 1. The molecule has 8 heteroatoms. The fourth-order valence-corrected chi connectivity index (χ4v) is 2.23. The molecule has 3 rings (SSSR count). The Kier molecular flexibility index (Phi) is 4.42. The van der Waals surface area contributed by atoms with E-state index in [1.165, 1.54) is 30.6 Å². The number of hydrogen-bond acceptors (Lipinski definition) is 6. The number of nitrogens with one attached hydrogen (secondary N) is 1. The van der Waals surface area contributed by atoms with Gasteiger partial charge in [0.1, 0.15) is 29.1 Å². The number of benzene rings is 1. The molecule has 128 valence electrons. The van der Waals surface area contributed by atoms with Crippen molar-refractivity contribution in [2.45, 2.75) is 20.0 Å². The quantitative estimate of drug-likeness (QED) is 0.733. The number of rotatable bonds is 5. The number of pyridine rings is 1. The Morgan fingerprint density at radius 1 is 1.24 bits per heavy atom. The van der Waals surface area contributed by atoms with Crippen molar-refractivity contribution < 1.29 is 19.0 Å². The minimum absolute atomic E-state index is 0.122. The van der Waals surface area contributed by atoms with E-state index in [0.717, 1.165) is 0 Å². The van der Waals surface area contributed by atoms with Crippen molar-refractivity contribution in [3.63, 3.8) is 0 Å². The maximum atomic E-state index is 13.5. The van der Waals surface area contributed by atoms with Crippen LogP contribution in [0.4, 0.5) is 15.9 Å². The van der Waals surface area contributed by atoms with Crippen LogP contribution in [0.5, 0.6) is 5.75 Å². The van der Waals surface area contributed by atoms with Gasteiger partial charge in [-0.25, -0.2) is 24.1 Å². The van der Waals surface area contributed by atoms with Gasteiger partial charge in [-0.2, -0.15) is 0 Å². The Morgan fingerprint density at radius 2 is 2.04 bits per heavy atom. The van der Waals surface area contributed by atoms with E-state index >= 15 is 0 Å². The van der Waals surface area contributed by atoms with Crippen LogP contribution in [0.3, 0.4) is 0 Å². The largest absolute Gasteiger partial charge is 0.489 e. The van der Waals surface area contributed by atoms with E-state index in [1.54, 1.807) is 6.07 Å². The smallest absolute Gasteiger partial charge is 0.354 e. The Hall–Kier alpha value is -3.29. The molecule has 0 bridgehead atoms. The minimum atomic E-state index is -1.15. The van der Waals surface area contributed by atoms with Gasteiger partial charge in [-0.15, -0.1) is 0 Å². The van der Waals surface area contributed by atoms with Crippen molar-refractivity contribution in [2.24, 2.45) is 0 Å². The lowest BCUT2D eigenvalue weighted by molar-refractivity contribution is 0.0691. The summed E-state index contributed by atoms with van der Waals surface area (Å²) in [6.07, 6.45) is 1.18. The van der Waals surface area contributed by atoms with Crippen LogP contribution in [0, 0.1) is 5.82 Å². The van der Waals surface area contributed by atoms with Crippen LogP contribution < -0.4 is 10.1 Å². The van der Waals surface area contributed by atoms with Gasteiger partial charge in [0.05, 0.1) is 17.3 Å². The third-order valence-corrected chi connectivity index (χ3v) is 3.26. The highest BCUT2D eigenvalue weighted by Crippen LogP contribution is 2.30. The highest BCUT2D eigenvalue weighted by molar-refractivity contribution is 5.93. The molecular formula is C17H15FN4O3. The van der Waals surface area contributed by atoms with Crippen molar-refractivity contribution in [1.29, 1.82) is 0 Å². The molecule has 3 aromatic rings. The third kappa shape index (κ3) is 3.63. The molecule has 0 fully saturated rings. The number of nitrogens with zero attached hydrogens (tertiary/aromatic N) is 3. The summed E-state index contributed by atoms with van der Waals surface area (Å²) in [5.74, 6) is -0.966. The van der Waals surface area contributed by atoms with Crippen LogP contribution in [-0.4, -0.2) is 32.1 Å². The zero-order valence-corrected chi connectivity index (χ0v) is 13.5. The molecule has 0 saturated carbocycles. The van der Waals surface area contributed by atoms with E-state index in [1.807, 2.05) is 13.8 Å². The molecule has 1 aromatic carbocycles. The lowest BCUT2D eigenvalue weighted by Gasteiger charge is -2.15. The summed E-state index contributed by atoms with van der Waals surface area (Å²) in [7, 11) is 0. The summed E-state index contributed by atoms with van der Waals surface area (Å²) in [5, 5.41) is 12.1. The maximum Gasteiger partial charge on any atom is 0.354 e. The first kappa shape index (κ1) is 16.6. The van der Waals surface area contributed by atoms with E-state index in [4.69, 9.17) is 9.84 Å². The Balaban J connectivity index is 2.06. The van der Waals surface area contributed by atoms with Crippen molar-refractivity contribution in [3.8, 4) is 5.75 Å². The van der Waals surface area contributed by atoms with Crippen LogP contribution in [0.1, 0.15) is 24.3 Å². The fraction of sp³-hybridized carbons (Fsp3) is 0.176. The Labute approximate surface area is 142 Å². The first-order chi connectivity index (χ1) is 11.9. The van der Waals surface area contributed by atoms with Gasteiger partial charge in [-0.1, -0.05) is 0 Å². The zero-order valence-electron chi connectivity index (χ0n) is 13.5. The molecule has 0 amide bonds. The van der Waals surface area contributed by atoms with Crippen LogP contribution >= 0.6 is 0 Å². The first-order valence-corrected chi connectivity index (χ1v) is 7.52. The van der Waals surface area contributed by atoms with E-state index in [0.29, 0.717) is 28.3 Å². The van der Waals surface area contributed by atoms with E-state index < -0.39 is 11.8 Å². The number of halogens is 1. The van der Waals surface area contributed by atoms with Crippen molar-refractivity contribution >= 4 is 28.5 Å². The number of carboxylic acid groups (broad SMARTS) is 1. The van der Waals surface area contributed by atoms with Crippen molar-refractivity contribution in [1.82, 2.24) is 15.0 Å². The average molecular weight is 342 g/mol. The lowest BCUT2D eigenvalue weighted by atomic mass is 10.2. The number of hydrogen-bond donors (Lipinski definition) is 2. The third-order valence-electron chi connectivity index (χ3n) is 3.26. The second-order valence-electron chi connectivity index (χ2n) is 5.52. The molecule has 0 aliphatic heterocycles. The van der Waals surface area contributed by atoms with Crippen molar-refractivity contribution in [3.05, 3.63) is 48.2 Å². The molecule has 0 atom stereocenters. The normalized spacial score (nSPS) is 10.9. The van der Waals surface area contributed by atoms with Gasteiger partial charge in [0.15, 0.2) is 5.82 Å². The van der Waals surface area contributed by atoms with Gasteiger partial charge < -0.3 is 15.2 Å². The molecule has 0 radical (unpaired) electrons. The topological polar surface area (TPSA) is 97.2 Å². The van der Waals surface area contributed by atoms with Gasteiger partial charge in [-0.3, -0.25) is 0 Å². The molecular weight excluding hydrogens is 327 g/mol. The van der Waals surface area contributed by atoms with Gasteiger partial charge in [0.2, 0.25) is 0 Å². The van der Waals surface area contributed by atoms with Crippen LogP contribution in [0.15, 0.2) is 36.7 Å². The monoisotopic (exact) mass is 342 g/mol. The standard InChI is InChI=1S/C17H15FN4O3/c1-9(2)25-14-7-10(18)3-4-11(14)22-16-15-12(19-8-20-16)5-6-13(21-15)17(23)24/h3-9H,1-2H3,(H,23,24)(H,19,20,22). The average Bonchev–Trinajstić information content (AvgIpc) is 2.56. The SMILES string of the molecule is CC(C)Oc1cc(F)ccc1Nc1ncnc2ccc(C(=O)O)nc12. The molecule has 2 aromatic heterocycles. The molecule has 0 saturated heterocycles. The number of aromatic nitrogens is 3. The zero-order chi connectivity index (χ0) is 18.0. The van der Waals surface area contributed by atoms with Crippen molar-refractivity contribution in [2.75, 3.05) is 5.32 Å². The van der Waals surface area contributed by atoms with Crippen LogP contribution in [0.25, 0.3) is 11.0 Å². The fourth-order valence-electron chi connectivity index (χ4n) is 2.23. The van der Waals surface area contributed by atoms with Gasteiger partial charge in [0, 0.05) is 6.07 Å². The predicted molar refractivity (Wildman–Crippen MR) is 89.7 cm³/mol. The molecule has 2 N–H and O–H groups in total. The summed E-state index contributed by atoms with van der Waals surface area (Å²) in [6.45, 7) is 3.66. The first-order valence-electron chi connectivity index (χ1n) is 7.52.